The van der Waals surface area contributed by atoms with Gasteiger partial charge in [-0.3, -0.25) is 4.99 Å². The van der Waals surface area contributed by atoms with Crippen LogP contribution in [0.25, 0.3) is 0 Å². The molecule has 0 spiro atoms. The molecule has 0 fully saturated rings. The zero-order chi connectivity index (χ0) is 16.8. The second-order valence-corrected chi connectivity index (χ2v) is 7.20. The number of aryl methyl sites for hydroxylation is 2. The van der Waals surface area contributed by atoms with Crippen LogP contribution >= 0.6 is 24.0 Å². The number of sulfonamides is 1. The highest BCUT2D eigenvalue weighted by Gasteiger charge is 2.16. The Bertz CT molecular complexity index is 630. The highest BCUT2D eigenvalue weighted by molar-refractivity contribution is 14.0. The van der Waals surface area contributed by atoms with Gasteiger partial charge in [-0.25, -0.2) is 13.1 Å². The zero-order valence-corrected chi connectivity index (χ0v) is 17.5. The average molecular weight is 454 g/mol. The smallest absolute Gasteiger partial charge is 0.240 e. The minimum Gasteiger partial charge on any atom is -0.355 e. The topological polar surface area (TPSA) is 82.6 Å². The Morgan fingerprint density at radius 1 is 1.22 bits per heavy atom. The molecule has 6 nitrogen and oxygen atoms in total. The monoisotopic (exact) mass is 454 g/mol. The molecule has 1 aromatic carbocycles. The Hall–Kier alpha value is -0.870. The summed E-state index contributed by atoms with van der Waals surface area (Å²) in [4.78, 5) is 4.39. The molecule has 0 heterocycles. The van der Waals surface area contributed by atoms with Gasteiger partial charge in [-0.2, -0.15) is 0 Å². The SMILES string of the molecule is CN=C(NCCNS(=O)(=O)c1cc(C)ccc1C)NC(C)C.I. The van der Waals surface area contributed by atoms with Crippen molar-refractivity contribution in [3.8, 4) is 0 Å². The van der Waals surface area contributed by atoms with Gasteiger partial charge in [0.1, 0.15) is 0 Å². The largest absolute Gasteiger partial charge is 0.355 e. The average Bonchev–Trinajstić information content (AvgIpc) is 2.44. The summed E-state index contributed by atoms with van der Waals surface area (Å²) in [6.07, 6.45) is 0. The molecule has 0 atom stereocenters. The molecule has 0 radical (unpaired) electrons. The van der Waals surface area contributed by atoms with E-state index in [9.17, 15) is 8.42 Å². The first-order valence-corrected chi connectivity index (χ1v) is 8.78. The predicted molar refractivity (Wildman–Crippen MR) is 106 cm³/mol. The zero-order valence-electron chi connectivity index (χ0n) is 14.3. The van der Waals surface area contributed by atoms with E-state index in [1.807, 2.05) is 32.9 Å². The number of hydrogen-bond donors (Lipinski definition) is 3. The third kappa shape index (κ3) is 7.49. The highest BCUT2D eigenvalue weighted by Crippen LogP contribution is 2.16. The van der Waals surface area contributed by atoms with Gasteiger partial charge in [-0.1, -0.05) is 12.1 Å². The Morgan fingerprint density at radius 3 is 2.43 bits per heavy atom. The van der Waals surface area contributed by atoms with E-state index in [4.69, 9.17) is 0 Å². The molecule has 0 bridgehead atoms. The molecule has 0 unspecified atom stereocenters. The molecule has 0 saturated carbocycles. The van der Waals surface area contributed by atoms with Gasteiger partial charge in [0.15, 0.2) is 5.96 Å². The third-order valence-electron chi connectivity index (χ3n) is 2.99. The maximum absolute atomic E-state index is 12.3. The van der Waals surface area contributed by atoms with E-state index in [0.29, 0.717) is 17.4 Å². The number of nitrogens with zero attached hydrogens (tertiary/aromatic N) is 1. The molecule has 0 amide bonds. The minimum absolute atomic E-state index is 0. The Morgan fingerprint density at radius 2 is 1.87 bits per heavy atom. The van der Waals surface area contributed by atoms with Crippen LogP contribution in [0.5, 0.6) is 0 Å². The van der Waals surface area contributed by atoms with Crippen LogP contribution in [0, 0.1) is 13.8 Å². The van der Waals surface area contributed by atoms with Gasteiger partial charge >= 0.3 is 0 Å². The first-order chi connectivity index (χ1) is 10.3. The molecule has 23 heavy (non-hydrogen) atoms. The molecule has 1 rings (SSSR count). The fourth-order valence-electron chi connectivity index (χ4n) is 1.91. The van der Waals surface area contributed by atoms with Gasteiger partial charge in [0.2, 0.25) is 10.0 Å². The summed E-state index contributed by atoms with van der Waals surface area (Å²) in [7, 11) is -1.81. The van der Waals surface area contributed by atoms with E-state index in [1.54, 1.807) is 20.0 Å². The highest BCUT2D eigenvalue weighted by atomic mass is 127. The van der Waals surface area contributed by atoms with Gasteiger partial charge < -0.3 is 10.6 Å². The van der Waals surface area contributed by atoms with Crippen LogP contribution in [0.4, 0.5) is 0 Å². The molecule has 0 aliphatic carbocycles. The van der Waals surface area contributed by atoms with Crippen molar-refractivity contribution in [3.63, 3.8) is 0 Å². The van der Waals surface area contributed by atoms with Crippen molar-refractivity contribution in [1.82, 2.24) is 15.4 Å². The quantitative estimate of drug-likeness (QED) is 0.265. The van der Waals surface area contributed by atoms with Crippen molar-refractivity contribution in [2.75, 3.05) is 20.1 Å². The summed E-state index contributed by atoms with van der Waals surface area (Å²) < 4.78 is 27.2. The summed E-state index contributed by atoms with van der Waals surface area (Å²) in [5, 5.41) is 6.20. The van der Waals surface area contributed by atoms with Crippen LogP contribution < -0.4 is 15.4 Å². The first kappa shape index (κ1) is 22.1. The predicted octanol–water partition coefficient (Wildman–Crippen LogP) is 1.77. The maximum atomic E-state index is 12.3. The standard InChI is InChI=1S/C15H26N4O2S.HI/c1-11(2)19-15(16-5)17-8-9-18-22(20,21)14-10-12(3)6-7-13(14)4;/h6-7,10-11,18H,8-9H2,1-5H3,(H2,16,17,19);1H. The van der Waals surface area contributed by atoms with Crippen molar-refractivity contribution in [2.24, 2.45) is 4.99 Å². The van der Waals surface area contributed by atoms with Gasteiger partial charge in [0.25, 0.3) is 0 Å². The van der Waals surface area contributed by atoms with Crippen LogP contribution in [0.1, 0.15) is 25.0 Å². The van der Waals surface area contributed by atoms with Crippen molar-refractivity contribution >= 4 is 40.0 Å². The number of nitrogens with one attached hydrogen (secondary N) is 3. The van der Waals surface area contributed by atoms with Gasteiger partial charge in [-0.15, -0.1) is 24.0 Å². The van der Waals surface area contributed by atoms with E-state index < -0.39 is 10.0 Å². The Balaban J connectivity index is 0.00000484. The summed E-state index contributed by atoms with van der Waals surface area (Å²) in [5.41, 5.74) is 1.66. The molecule has 0 aromatic heterocycles. The van der Waals surface area contributed by atoms with Gasteiger partial charge in [-0.05, 0) is 44.9 Å². The number of rotatable bonds is 6. The van der Waals surface area contributed by atoms with E-state index in [0.717, 1.165) is 11.1 Å². The van der Waals surface area contributed by atoms with E-state index in [1.165, 1.54) is 0 Å². The molecule has 0 aliphatic heterocycles. The lowest BCUT2D eigenvalue weighted by molar-refractivity contribution is 0.579. The lowest BCUT2D eigenvalue weighted by Gasteiger charge is -2.15. The normalized spacial score (nSPS) is 12.0. The summed E-state index contributed by atoms with van der Waals surface area (Å²) in [6.45, 7) is 8.43. The van der Waals surface area contributed by atoms with Crippen molar-refractivity contribution in [2.45, 2.75) is 38.6 Å². The number of aliphatic imine (C=N–C) groups is 1. The Labute approximate surface area is 156 Å². The lowest BCUT2D eigenvalue weighted by atomic mass is 10.2. The molecule has 0 aliphatic rings. The summed E-state index contributed by atoms with van der Waals surface area (Å²) in [5.74, 6) is 0.654. The second-order valence-electron chi connectivity index (χ2n) is 5.46. The van der Waals surface area contributed by atoms with Gasteiger partial charge in [0.05, 0.1) is 4.90 Å². The lowest BCUT2D eigenvalue weighted by Crippen LogP contribution is -2.44. The van der Waals surface area contributed by atoms with Crippen LogP contribution in [0.2, 0.25) is 0 Å². The van der Waals surface area contributed by atoms with Crippen LogP contribution in [-0.4, -0.2) is 40.6 Å². The van der Waals surface area contributed by atoms with Crippen molar-refractivity contribution < 1.29 is 8.42 Å². The molecule has 132 valence electrons. The third-order valence-corrected chi connectivity index (χ3v) is 4.59. The number of guanidine groups is 1. The molecular formula is C15H27IN4O2S. The molecule has 8 heteroatoms. The van der Waals surface area contributed by atoms with Crippen LogP contribution in [0.3, 0.4) is 0 Å². The van der Waals surface area contributed by atoms with Crippen LogP contribution in [0.15, 0.2) is 28.1 Å². The van der Waals surface area contributed by atoms with E-state index in [-0.39, 0.29) is 36.6 Å². The van der Waals surface area contributed by atoms with E-state index in [2.05, 4.69) is 20.3 Å². The fourth-order valence-corrected chi connectivity index (χ4v) is 3.27. The van der Waals surface area contributed by atoms with Crippen LogP contribution in [-0.2, 0) is 10.0 Å². The van der Waals surface area contributed by atoms with E-state index >= 15 is 0 Å². The molecule has 0 saturated heterocycles. The number of hydrogen-bond acceptors (Lipinski definition) is 3. The number of benzene rings is 1. The van der Waals surface area contributed by atoms with Crippen molar-refractivity contribution in [3.05, 3.63) is 29.3 Å². The minimum atomic E-state index is -3.49. The Kier molecular flexibility index (Phi) is 9.71. The first-order valence-electron chi connectivity index (χ1n) is 7.30. The maximum Gasteiger partial charge on any atom is 0.240 e. The fraction of sp³-hybridized carbons (Fsp3) is 0.533. The summed E-state index contributed by atoms with van der Waals surface area (Å²) in [6, 6.07) is 5.66. The second kappa shape index (κ2) is 10.1. The van der Waals surface area contributed by atoms with Gasteiger partial charge in [0, 0.05) is 26.2 Å². The molecule has 1 aromatic rings. The number of halogens is 1. The molecular weight excluding hydrogens is 427 g/mol. The van der Waals surface area contributed by atoms with Crippen molar-refractivity contribution in [1.29, 1.82) is 0 Å². The summed E-state index contributed by atoms with van der Waals surface area (Å²) >= 11 is 0. The molecule has 3 N–H and O–H groups in total.